The van der Waals surface area contributed by atoms with Crippen LogP contribution in [0.2, 0.25) is 0 Å². The normalized spacial score (nSPS) is 12.1. The van der Waals surface area contributed by atoms with Crippen molar-refractivity contribution in [3.05, 3.63) is 35.9 Å². The Kier molecular flexibility index (Phi) is 5.36. The quantitative estimate of drug-likeness (QED) is 0.647. The van der Waals surface area contributed by atoms with E-state index in [0.717, 1.165) is 12.0 Å². The molecule has 0 saturated carbocycles. The summed E-state index contributed by atoms with van der Waals surface area (Å²) in [6.07, 6.45) is 1.19. The van der Waals surface area contributed by atoms with Gasteiger partial charge in [-0.25, -0.2) is 4.79 Å². The smallest absolute Gasteiger partial charge is 0.405 e. The van der Waals surface area contributed by atoms with Gasteiger partial charge < -0.3 is 15.5 Å². The van der Waals surface area contributed by atoms with E-state index in [1.54, 1.807) is 0 Å². The highest BCUT2D eigenvalue weighted by Gasteiger charge is 2.12. The van der Waals surface area contributed by atoms with Gasteiger partial charge in [-0.3, -0.25) is 0 Å². The standard InChI is InChI=1S/C12H17NO3/c14-9-5-4-8-11(13-12(15)16)10-6-2-1-3-7-10/h1-3,6-7,11,13-14H,4-5,8-9H2,(H,15,16). The first-order valence-corrected chi connectivity index (χ1v) is 5.39. The molecule has 4 nitrogen and oxygen atoms in total. The number of rotatable bonds is 6. The van der Waals surface area contributed by atoms with Gasteiger partial charge in [-0.1, -0.05) is 30.3 Å². The number of carbonyl (C=O) groups is 1. The molecule has 1 aromatic carbocycles. The highest BCUT2D eigenvalue weighted by atomic mass is 16.4. The van der Waals surface area contributed by atoms with Crippen molar-refractivity contribution < 1.29 is 15.0 Å². The van der Waals surface area contributed by atoms with E-state index in [0.29, 0.717) is 12.8 Å². The summed E-state index contributed by atoms with van der Waals surface area (Å²) < 4.78 is 0. The minimum atomic E-state index is -1.02. The lowest BCUT2D eigenvalue weighted by Gasteiger charge is -2.16. The van der Waals surface area contributed by atoms with Crippen LogP contribution < -0.4 is 5.32 Å². The van der Waals surface area contributed by atoms with Crippen molar-refractivity contribution in [1.29, 1.82) is 0 Å². The molecule has 16 heavy (non-hydrogen) atoms. The molecule has 1 amide bonds. The van der Waals surface area contributed by atoms with Crippen LogP contribution in [0.5, 0.6) is 0 Å². The third-order valence-electron chi connectivity index (χ3n) is 2.40. The first-order valence-electron chi connectivity index (χ1n) is 5.39. The van der Waals surface area contributed by atoms with E-state index in [1.165, 1.54) is 0 Å². The van der Waals surface area contributed by atoms with Crippen LogP contribution in [0.3, 0.4) is 0 Å². The van der Waals surface area contributed by atoms with Gasteiger partial charge in [-0.05, 0) is 24.8 Å². The number of hydrogen-bond donors (Lipinski definition) is 3. The molecule has 3 N–H and O–H groups in total. The average molecular weight is 223 g/mol. The lowest BCUT2D eigenvalue weighted by atomic mass is 10.0. The number of amides is 1. The van der Waals surface area contributed by atoms with Crippen LogP contribution in [0.25, 0.3) is 0 Å². The van der Waals surface area contributed by atoms with Crippen molar-refractivity contribution in [3.8, 4) is 0 Å². The van der Waals surface area contributed by atoms with Gasteiger partial charge in [0.1, 0.15) is 0 Å². The number of aliphatic hydroxyl groups excluding tert-OH is 1. The summed E-state index contributed by atoms with van der Waals surface area (Å²) in [6, 6.07) is 9.29. The van der Waals surface area contributed by atoms with Crippen molar-refractivity contribution in [2.45, 2.75) is 25.3 Å². The molecule has 0 aromatic heterocycles. The minimum absolute atomic E-state index is 0.147. The van der Waals surface area contributed by atoms with E-state index in [9.17, 15) is 4.79 Å². The second-order valence-electron chi connectivity index (χ2n) is 3.63. The fourth-order valence-corrected chi connectivity index (χ4v) is 1.62. The number of carboxylic acid groups (broad SMARTS) is 1. The van der Waals surface area contributed by atoms with E-state index < -0.39 is 6.09 Å². The second kappa shape index (κ2) is 6.85. The van der Waals surface area contributed by atoms with Gasteiger partial charge in [0.25, 0.3) is 0 Å². The largest absolute Gasteiger partial charge is 0.465 e. The lowest BCUT2D eigenvalue weighted by Crippen LogP contribution is -2.26. The molecule has 0 radical (unpaired) electrons. The predicted octanol–water partition coefficient (Wildman–Crippen LogP) is 2.16. The Labute approximate surface area is 94.9 Å². The van der Waals surface area contributed by atoms with Gasteiger partial charge in [0.2, 0.25) is 0 Å². The number of benzene rings is 1. The van der Waals surface area contributed by atoms with Crippen LogP contribution >= 0.6 is 0 Å². The molecule has 0 heterocycles. The topological polar surface area (TPSA) is 69.6 Å². The van der Waals surface area contributed by atoms with E-state index in [1.807, 2.05) is 30.3 Å². The zero-order valence-electron chi connectivity index (χ0n) is 9.10. The van der Waals surface area contributed by atoms with Crippen molar-refractivity contribution in [2.24, 2.45) is 0 Å². The van der Waals surface area contributed by atoms with Gasteiger partial charge in [0.15, 0.2) is 0 Å². The molecule has 0 saturated heterocycles. The Bertz CT molecular complexity index is 313. The zero-order valence-corrected chi connectivity index (χ0v) is 9.10. The molecule has 0 aliphatic rings. The number of unbranched alkanes of at least 4 members (excludes halogenated alkanes) is 1. The van der Waals surface area contributed by atoms with Crippen molar-refractivity contribution in [3.63, 3.8) is 0 Å². The predicted molar refractivity (Wildman–Crippen MR) is 61.3 cm³/mol. The Hall–Kier alpha value is -1.55. The molecule has 1 unspecified atom stereocenters. The average Bonchev–Trinajstić information content (AvgIpc) is 2.29. The number of hydrogen-bond acceptors (Lipinski definition) is 2. The van der Waals surface area contributed by atoms with Gasteiger partial charge >= 0.3 is 6.09 Å². The molecular weight excluding hydrogens is 206 g/mol. The van der Waals surface area contributed by atoms with Crippen LogP contribution in [-0.2, 0) is 0 Å². The molecule has 0 aliphatic carbocycles. The van der Waals surface area contributed by atoms with Crippen LogP contribution in [0, 0.1) is 0 Å². The summed E-state index contributed by atoms with van der Waals surface area (Å²) in [7, 11) is 0. The molecule has 4 heteroatoms. The Morgan fingerprint density at radius 1 is 1.25 bits per heavy atom. The van der Waals surface area contributed by atoms with Crippen molar-refractivity contribution in [1.82, 2.24) is 5.32 Å². The highest BCUT2D eigenvalue weighted by Crippen LogP contribution is 2.18. The Balaban J connectivity index is 2.60. The van der Waals surface area contributed by atoms with Crippen molar-refractivity contribution >= 4 is 6.09 Å². The van der Waals surface area contributed by atoms with E-state index >= 15 is 0 Å². The summed E-state index contributed by atoms with van der Waals surface area (Å²) in [6.45, 7) is 0.147. The maximum absolute atomic E-state index is 10.7. The van der Waals surface area contributed by atoms with Crippen LogP contribution in [0.4, 0.5) is 4.79 Å². The van der Waals surface area contributed by atoms with E-state index in [2.05, 4.69) is 5.32 Å². The van der Waals surface area contributed by atoms with E-state index in [4.69, 9.17) is 10.2 Å². The molecule has 1 aromatic rings. The molecule has 1 rings (SSSR count). The Morgan fingerprint density at radius 2 is 1.94 bits per heavy atom. The lowest BCUT2D eigenvalue weighted by molar-refractivity contribution is 0.188. The molecule has 0 spiro atoms. The third-order valence-corrected chi connectivity index (χ3v) is 2.40. The summed E-state index contributed by atoms with van der Waals surface area (Å²) in [5.41, 5.74) is 0.961. The van der Waals surface area contributed by atoms with Gasteiger partial charge in [-0.2, -0.15) is 0 Å². The first-order chi connectivity index (χ1) is 7.74. The third kappa shape index (κ3) is 4.31. The molecule has 0 bridgehead atoms. The fourth-order valence-electron chi connectivity index (χ4n) is 1.62. The SMILES string of the molecule is O=C(O)NC(CCCCO)c1ccccc1. The summed E-state index contributed by atoms with van der Waals surface area (Å²) >= 11 is 0. The summed E-state index contributed by atoms with van der Waals surface area (Å²) in [4.78, 5) is 10.7. The molecule has 88 valence electrons. The van der Waals surface area contributed by atoms with Crippen LogP contribution in [-0.4, -0.2) is 22.9 Å². The zero-order chi connectivity index (χ0) is 11.8. The van der Waals surface area contributed by atoms with Gasteiger partial charge in [-0.15, -0.1) is 0 Å². The fraction of sp³-hybridized carbons (Fsp3) is 0.417. The van der Waals surface area contributed by atoms with Crippen LogP contribution in [0.1, 0.15) is 30.9 Å². The Morgan fingerprint density at radius 3 is 2.50 bits per heavy atom. The summed E-state index contributed by atoms with van der Waals surface area (Å²) in [5.74, 6) is 0. The molecule has 1 atom stereocenters. The molecular formula is C12H17NO3. The maximum Gasteiger partial charge on any atom is 0.405 e. The molecule has 0 aliphatic heterocycles. The summed E-state index contributed by atoms with van der Waals surface area (Å²) in [5, 5.41) is 19.9. The molecule has 0 fully saturated rings. The number of aliphatic hydroxyl groups is 1. The van der Waals surface area contributed by atoms with Crippen molar-refractivity contribution in [2.75, 3.05) is 6.61 Å². The minimum Gasteiger partial charge on any atom is -0.465 e. The maximum atomic E-state index is 10.7. The van der Waals surface area contributed by atoms with Gasteiger partial charge in [0.05, 0.1) is 6.04 Å². The van der Waals surface area contributed by atoms with Crippen LogP contribution in [0.15, 0.2) is 30.3 Å². The number of nitrogens with one attached hydrogen (secondary N) is 1. The highest BCUT2D eigenvalue weighted by molar-refractivity contribution is 5.65. The van der Waals surface area contributed by atoms with E-state index in [-0.39, 0.29) is 12.6 Å². The van der Waals surface area contributed by atoms with Gasteiger partial charge in [0, 0.05) is 6.61 Å². The monoisotopic (exact) mass is 223 g/mol. The first kappa shape index (κ1) is 12.5. The second-order valence-corrected chi connectivity index (χ2v) is 3.63.